The third-order valence-corrected chi connectivity index (χ3v) is 4.87. The first-order valence-electron chi connectivity index (χ1n) is 9.23. The van der Waals surface area contributed by atoms with Crippen molar-refractivity contribution in [2.45, 2.75) is 32.4 Å². The van der Waals surface area contributed by atoms with Gasteiger partial charge in [0.2, 0.25) is 5.72 Å². The van der Waals surface area contributed by atoms with Gasteiger partial charge in [-0.1, -0.05) is 36.4 Å². The fourth-order valence-electron chi connectivity index (χ4n) is 3.55. The molecule has 4 rings (SSSR count). The first-order chi connectivity index (χ1) is 13.9. The average molecular weight is 396 g/mol. The van der Waals surface area contributed by atoms with Crippen LogP contribution in [0, 0.1) is 12.7 Å². The molecule has 2 heterocycles. The van der Waals surface area contributed by atoms with Crippen molar-refractivity contribution >= 4 is 5.71 Å². The Bertz CT molecular complexity index is 1080. The number of aliphatic imine (C=N–C) groups is 1. The largest absolute Gasteiger partial charge is 0.462 e. The highest BCUT2D eigenvalue weighted by Gasteiger charge is 2.35. The Kier molecular flexibility index (Phi) is 4.86. The molecule has 0 aliphatic carbocycles. The van der Waals surface area contributed by atoms with Crippen molar-refractivity contribution in [1.82, 2.24) is 4.98 Å². The molecule has 0 N–H and O–H groups in total. The van der Waals surface area contributed by atoms with Crippen LogP contribution in [0.15, 0.2) is 65.8 Å². The standard InChI is InChI=1S/C23H19F3N2O/c1-14-11-16(13-27-19(14)22(25)26)20-17-9-6-10-18(24)21(17)29-23(2,28-20)12-15-7-4-3-5-8-15/h3-11,13,22H,12H2,1-2H3. The number of aryl methyl sites for hydroxylation is 1. The molecule has 148 valence electrons. The Morgan fingerprint density at radius 2 is 1.83 bits per heavy atom. The maximum absolute atomic E-state index is 14.6. The quantitative estimate of drug-likeness (QED) is 0.571. The van der Waals surface area contributed by atoms with E-state index in [1.165, 1.54) is 12.3 Å². The third kappa shape index (κ3) is 3.75. The van der Waals surface area contributed by atoms with E-state index >= 15 is 0 Å². The smallest absolute Gasteiger partial charge is 0.280 e. The van der Waals surface area contributed by atoms with E-state index in [1.54, 1.807) is 32.0 Å². The highest BCUT2D eigenvalue weighted by molar-refractivity contribution is 6.15. The van der Waals surface area contributed by atoms with Crippen LogP contribution in [-0.4, -0.2) is 16.4 Å². The van der Waals surface area contributed by atoms with Gasteiger partial charge in [0, 0.05) is 23.7 Å². The zero-order chi connectivity index (χ0) is 20.6. The van der Waals surface area contributed by atoms with Gasteiger partial charge in [0.05, 0.1) is 5.71 Å². The minimum Gasteiger partial charge on any atom is -0.462 e. The van der Waals surface area contributed by atoms with Gasteiger partial charge in [-0.3, -0.25) is 4.98 Å². The van der Waals surface area contributed by atoms with E-state index in [1.807, 2.05) is 30.3 Å². The second-order valence-corrected chi connectivity index (χ2v) is 7.24. The van der Waals surface area contributed by atoms with E-state index in [9.17, 15) is 13.2 Å². The molecule has 0 spiro atoms. The lowest BCUT2D eigenvalue weighted by Gasteiger charge is -2.33. The molecule has 1 atom stereocenters. The molecule has 0 saturated carbocycles. The highest BCUT2D eigenvalue weighted by atomic mass is 19.3. The molecule has 6 heteroatoms. The molecule has 1 aliphatic rings. The zero-order valence-electron chi connectivity index (χ0n) is 16.0. The normalized spacial score (nSPS) is 18.2. The summed E-state index contributed by atoms with van der Waals surface area (Å²) in [7, 11) is 0. The van der Waals surface area contributed by atoms with Gasteiger partial charge in [0.15, 0.2) is 11.6 Å². The number of fused-ring (bicyclic) bond motifs is 1. The number of nitrogens with zero attached hydrogens (tertiary/aromatic N) is 2. The van der Waals surface area contributed by atoms with Crippen LogP contribution in [0.2, 0.25) is 0 Å². The molecule has 29 heavy (non-hydrogen) atoms. The molecular formula is C23H19F3N2O. The first-order valence-corrected chi connectivity index (χ1v) is 9.23. The summed E-state index contributed by atoms with van der Waals surface area (Å²) >= 11 is 0. The average Bonchev–Trinajstić information content (AvgIpc) is 2.68. The molecule has 0 amide bonds. The van der Waals surface area contributed by atoms with Crippen molar-refractivity contribution in [3.05, 3.63) is 94.6 Å². The summed E-state index contributed by atoms with van der Waals surface area (Å²) in [6.07, 6.45) is -0.878. The van der Waals surface area contributed by atoms with Crippen LogP contribution < -0.4 is 4.74 Å². The summed E-state index contributed by atoms with van der Waals surface area (Å²) in [6.45, 7) is 3.36. The van der Waals surface area contributed by atoms with Crippen LogP contribution in [0.1, 0.15) is 41.3 Å². The van der Waals surface area contributed by atoms with Gasteiger partial charge in [0.25, 0.3) is 6.43 Å². The van der Waals surface area contributed by atoms with E-state index in [2.05, 4.69) is 4.98 Å². The number of para-hydroxylation sites is 1. The molecule has 1 aliphatic heterocycles. The number of aromatic nitrogens is 1. The number of hydrogen-bond acceptors (Lipinski definition) is 3. The Morgan fingerprint density at radius 3 is 2.52 bits per heavy atom. The van der Waals surface area contributed by atoms with Crippen LogP contribution in [-0.2, 0) is 6.42 Å². The SMILES string of the molecule is Cc1cc(C2=NC(C)(Cc3ccccc3)Oc3c(F)cccc32)cnc1C(F)F. The van der Waals surface area contributed by atoms with Crippen molar-refractivity contribution in [2.24, 2.45) is 4.99 Å². The van der Waals surface area contributed by atoms with Gasteiger partial charge in [-0.15, -0.1) is 0 Å². The summed E-state index contributed by atoms with van der Waals surface area (Å²) in [5.41, 5.74) is 1.51. The number of halogens is 3. The van der Waals surface area contributed by atoms with Gasteiger partial charge >= 0.3 is 0 Å². The van der Waals surface area contributed by atoms with Crippen molar-refractivity contribution in [2.75, 3.05) is 0 Å². The summed E-state index contributed by atoms with van der Waals surface area (Å²) in [5, 5.41) is 0. The van der Waals surface area contributed by atoms with Crippen LogP contribution in [0.4, 0.5) is 13.2 Å². The maximum atomic E-state index is 14.6. The Morgan fingerprint density at radius 1 is 1.07 bits per heavy atom. The monoisotopic (exact) mass is 396 g/mol. The van der Waals surface area contributed by atoms with Crippen LogP contribution >= 0.6 is 0 Å². The zero-order valence-corrected chi connectivity index (χ0v) is 16.0. The minimum absolute atomic E-state index is 0.103. The van der Waals surface area contributed by atoms with Crippen LogP contribution in [0.5, 0.6) is 5.75 Å². The van der Waals surface area contributed by atoms with E-state index in [-0.39, 0.29) is 11.4 Å². The summed E-state index contributed by atoms with van der Waals surface area (Å²) in [4.78, 5) is 8.69. The van der Waals surface area contributed by atoms with Crippen molar-refractivity contribution in [3.63, 3.8) is 0 Å². The predicted octanol–water partition coefficient (Wildman–Crippen LogP) is 5.66. The van der Waals surface area contributed by atoms with Crippen LogP contribution in [0.3, 0.4) is 0 Å². The summed E-state index contributed by atoms with van der Waals surface area (Å²) < 4.78 is 46.8. The lowest BCUT2D eigenvalue weighted by atomic mass is 9.96. The van der Waals surface area contributed by atoms with E-state index in [0.29, 0.717) is 28.8 Å². The fraction of sp³-hybridized carbons (Fsp3) is 0.217. The van der Waals surface area contributed by atoms with Crippen molar-refractivity contribution in [3.8, 4) is 5.75 Å². The number of benzene rings is 2. The van der Waals surface area contributed by atoms with Gasteiger partial charge in [-0.2, -0.15) is 0 Å². The summed E-state index contributed by atoms with van der Waals surface area (Å²) in [5.74, 6) is -0.394. The Balaban J connectivity index is 1.84. The van der Waals surface area contributed by atoms with Gasteiger partial charge < -0.3 is 4.74 Å². The number of rotatable bonds is 4. The molecule has 1 aromatic heterocycles. The topological polar surface area (TPSA) is 34.5 Å². The van der Waals surface area contributed by atoms with E-state index < -0.39 is 18.0 Å². The molecular weight excluding hydrogens is 377 g/mol. The van der Waals surface area contributed by atoms with Gasteiger partial charge in [-0.05, 0) is 43.2 Å². The number of hydrogen-bond donors (Lipinski definition) is 0. The number of ether oxygens (including phenoxy) is 1. The third-order valence-electron chi connectivity index (χ3n) is 4.87. The van der Waals surface area contributed by atoms with Gasteiger partial charge in [0.1, 0.15) is 5.69 Å². The lowest BCUT2D eigenvalue weighted by molar-refractivity contribution is 0.0892. The molecule has 0 fully saturated rings. The molecule has 1 unspecified atom stereocenters. The maximum Gasteiger partial charge on any atom is 0.280 e. The minimum atomic E-state index is -2.66. The molecule has 3 nitrogen and oxygen atoms in total. The number of alkyl halides is 2. The predicted molar refractivity (Wildman–Crippen MR) is 105 cm³/mol. The molecule has 0 radical (unpaired) electrons. The Labute approximate surface area is 166 Å². The van der Waals surface area contributed by atoms with Gasteiger partial charge in [-0.25, -0.2) is 18.2 Å². The van der Waals surface area contributed by atoms with Crippen molar-refractivity contribution in [1.29, 1.82) is 0 Å². The molecule has 2 aromatic carbocycles. The number of pyridine rings is 1. The molecule has 0 bridgehead atoms. The summed E-state index contributed by atoms with van der Waals surface area (Å²) in [6, 6.07) is 15.8. The van der Waals surface area contributed by atoms with E-state index in [4.69, 9.17) is 9.73 Å². The van der Waals surface area contributed by atoms with Crippen molar-refractivity contribution < 1.29 is 17.9 Å². The molecule has 3 aromatic rings. The first kappa shape index (κ1) is 19.2. The Hall–Kier alpha value is -3.15. The molecule has 0 saturated heterocycles. The second kappa shape index (κ2) is 7.35. The van der Waals surface area contributed by atoms with Crippen LogP contribution in [0.25, 0.3) is 0 Å². The van der Waals surface area contributed by atoms with E-state index in [0.717, 1.165) is 5.56 Å². The second-order valence-electron chi connectivity index (χ2n) is 7.24. The highest BCUT2D eigenvalue weighted by Crippen LogP contribution is 2.36. The lowest BCUT2D eigenvalue weighted by Crippen LogP contribution is -2.38. The fourth-order valence-corrected chi connectivity index (χ4v) is 3.55.